The van der Waals surface area contributed by atoms with E-state index in [2.05, 4.69) is 75.8 Å². The lowest BCUT2D eigenvalue weighted by molar-refractivity contribution is -0.661. The molecule has 0 saturated carbocycles. The number of nitrogens with zero attached hydrogens (tertiary/aromatic N) is 1. The molecule has 0 atom stereocenters. The van der Waals surface area contributed by atoms with E-state index in [0.29, 0.717) is 5.92 Å². The molecule has 1 aromatic heterocycles. The van der Waals surface area contributed by atoms with Crippen LogP contribution in [0.4, 0.5) is 0 Å². The van der Waals surface area contributed by atoms with Crippen LogP contribution in [0.25, 0.3) is 11.3 Å². The average molecular weight is 254 g/mol. The molecule has 19 heavy (non-hydrogen) atoms. The van der Waals surface area contributed by atoms with Gasteiger partial charge in [-0.15, -0.1) is 0 Å². The van der Waals surface area contributed by atoms with Crippen LogP contribution in [0.15, 0.2) is 36.5 Å². The second-order valence-electron chi connectivity index (χ2n) is 5.90. The molecule has 0 spiro atoms. The van der Waals surface area contributed by atoms with Crippen LogP contribution in [0.3, 0.4) is 0 Å². The number of benzene rings is 1. The van der Waals surface area contributed by atoms with E-state index in [9.17, 15) is 0 Å². The molecule has 1 heterocycles. The molecule has 1 aromatic carbocycles. The Balaban J connectivity index is 2.51. The van der Waals surface area contributed by atoms with Gasteiger partial charge < -0.3 is 0 Å². The van der Waals surface area contributed by atoms with Crippen molar-refractivity contribution in [3.05, 3.63) is 53.2 Å². The largest absolute Gasteiger partial charge is 0.215 e. The van der Waals surface area contributed by atoms with Crippen LogP contribution in [-0.4, -0.2) is 0 Å². The van der Waals surface area contributed by atoms with E-state index in [1.165, 1.54) is 27.9 Å². The van der Waals surface area contributed by atoms with E-state index < -0.39 is 0 Å². The van der Waals surface area contributed by atoms with Gasteiger partial charge in [0.05, 0.1) is 0 Å². The zero-order valence-electron chi connectivity index (χ0n) is 12.7. The number of aryl methyl sites for hydroxylation is 3. The average Bonchev–Trinajstić information content (AvgIpc) is 2.29. The molecule has 0 N–H and O–H groups in total. The van der Waals surface area contributed by atoms with E-state index in [1.54, 1.807) is 0 Å². The molecule has 2 aromatic rings. The third kappa shape index (κ3) is 3.04. The zero-order chi connectivity index (χ0) is 14.0. The lowest BCUT2D eigenvalue weighted by Crippen LogP contribution is -2.32. The highest BCUT2D eigenvalue weighted by Crippen LogP contribution is 2.24. The van der Waals surface area contributed by atoms with E-state index in [-0.39, 0.29) is 0 Å². The molecule has 0 fully saturated rings. The molecule has 0 unspecified atom stereocenters. The lowest BCUT2D eigenvalue weighted by atomic mass is 9.98. The predicted molar refractivity (Wildman–Crippen MR) is 81.1 cm³/mol. The quantitative estimate of drug-likeness (QED) is 0.729. The Morgan fingerprint density at radius 2 is 1.74 bits per heavy atom. The summed E-state index contributed by atoms with van der Waals surface area (Å²) in [6, 6.07) is 10.9. The summed E-state index contributed by atoms with van der Waals surface area (Å²) in [5.74, 6) is 0.698. The van der Waals surface area contributed by atoms with Crippen LogP contribution in [0.5, 0.6) is 0 Å². The first kappa shape index (κ1) is 13.8. The highest BCUT2D eigenvalue weighted by atomic mass is 14.9. The maximum atomic E-state index is 2.34. The van der Waals surface area contributed by atoms with Crippen molar-refractivity contribution in [2.75, 3.05) is 0 Å². The fourth-order valence-electron chi connectivity index (χ4n) is 2.80. The number of hydrogen-bond donors (Lipinski definition) is 0. The fourth-order valence-corrected chi connectivity index (χ4v) is 2.80. The van der Waals surface area contributed by atoms with Crippen molar-refractivity contribution < 1.29 is 4.57 Å². The second kappa shape index (κ2) is 5.56. The van der Waals surface area contributed by atoms with Crippen molar-refractivity contribution in [3.63, 3.8) is 0 Å². The molecule has 0 aliphatic rings. The summed E-state index contributed by atoms with van der Waals surface area (Å²) in [7, 11) is 2.15. The summed E-state index contributed by atoms with van der Waals surface area (Å²) in [4.78, 5) is 0. The first-order valence-corrected chi connectivity index (χ1v) is 7.04. The normalized spacial score (nSPS) is 11.1. The Bertz CT molecular complexity index is 559. The van der Waals surface area contributed by atoms with Crippen LogP contribution in [0, 0.1) is 19.8 Å². The molecule has 0 saturated heterocycles. The van der Waals surface area contributed by atoms with Gasteiger partial charge in [-0.1, -0.05) is 32.0 Å². The van der Waals surface area contributed by atoms with E-state index in [1.807, 2.05) is 0 Å². The minimum Gasteiger partial charge on any atom is -0.201 e. The van der Waals surface area contributed by atoms with E-state index >= 15 is 0 Å². The summed E-state index contributed by atoms with van der Waals surface area (Å²) in [5, 5.41) is 0. The van der Waals surface area contributed by atoms with Crippen LogP contribution in [0.1, 0.15) is 30.5 Å². The Morgan fingerprint density at radius 1 is 1.05 bits per heavy atom. The minimum atomic E-state index is 0.698. The van der Waals surface area contributed by atoms with Gasteiger partial charge in [-0.2, -0.15) is 0 Å². The van der Waals surface area contributed by atoms with Gasteiger partial charge in [-0.3, -0.25) is 0 Å². The van der Waals surface area contributed by atoms with Gasteiger partial charge in [0.2, 0.25) is 5.69 Å². The Kier molecular flexibility index (Phi) is 4.04. The molecule has 1 heteroatoms. The van der Waals surface area contributed by atoms with Crippen LogP contribution in [0.2, 0.25) is 0 Å². The molecule has 1 nitrogen and oxygen atoms in total. The summed E-state index contributed by atoms with van der Waals surface area (Å²) >= 11 is 0. The molecule has 0 aliphatic carbocycles. The summed E-state index contributed by atoms with van der Waals surface area (Å²) in [6.07, 6.45) is 3.41. The number of pyridine rings is 1. The van der Waals surface area contributed by atoms with Gasteiger partial charge in [-0.25, -0.2) is 4.57 Å². The number of rotatable bonds is 3. The van der Waals surface area contributed by atoms with E-state index in [0.717, 1.165) is 6.42 Å². The molecule has 0 aliphatic heterocycles. The van der Waals surface area contributed by atoms with Crippen molar-refractivity contribution in [1.82, 2.24) is 0 Å². The smallest absolute Gasteiger partial charge is 0.201 e. The Morgan fingerprint density at radius 3 is 2.32 bits per heavy atom. The van der Waals surface area contributed by atoms with Gasteiger partial charge in [-0.05, 0) is 43.9 Å². The van der Waals surface area contributed by atoms with Crippen LogP contribution < -0.4 is 4.57 Å². The zero-order valence-corrected chi connectivity index (χ0v) is 12.7. The fraction of sp³-hybridized carbons (Fsp3) is 0.389. The number of hydrogen-bond acceptors (Lipinski definition) is 0. The molecular weight excluding hydrogens is 230 g/mol. The topological polar surface area (TPSA) is 3.88 Å². The molecular formula is C18H24N+. The van der Waals surface area contributed by atoms with Crippen molar-refractivity contribution in [2.24, 2.45) is 13.0 Å². The summed E-state index contributed by atoms with van der Waals surface area (Å²) < 4.78 is 2.27. The van der Waals surface area contributed by atoms with Crippen molar-refractivity contribution in [2.45, 2.75) is 34.1 Å². The van der Waals surface area contributed by atoms with Gasteiger partial charge in [0, 0.05) is 16.7 Å². The van der Waals surface area contributed by atoms with Gasteiger partial charge in [0.15, 0.2) is 6.20 Å². The van der Waals surface area contributed by atoms with Crippen molar-refractivity contribution in [1.29, 1.82) is 0 Å². The maximum Gasteiger partial charge on any atom is 0.215 e. The summed E-state index contributed by atoms with van der Waals surface area (Å²) in [6.45, 7) is 8.93. The predicted octanol–water partition coefficient (Wildman–Crippen LogP) is 3.99. The van der Waals surface area contributed by atoms with Crippen LogP contribution >= 0.6 is 0 Å². The standard InChI is InChI=1S/C18H24N/c1-13(2)10-16-11-15(4)18(19(5)12-16)17-9-7-6-8-14(17)3/h6-9,11-13H,10H2,1-5H3/q+1. The van der Waals surface area contributed by atoms with Crippen molar-refractivity contribution in [3.8, 4) is 11.3 Å². The maximum absolute atomic E-state index is 2.34. The van der Waals surface area contributed by atoms with Crippen molar-refractivity contribution >= 4 is 0 Å². The molecule has 0 radical (unpaired) electrons. The third-order valence-electron chi connectivity index (χ3n) is 3.53. The van der Waals surface area contributed by atoms with Gasteiger partial charge in [0.25, 0.3) is 0 Å². The van der Waals surface area contributed by atoms with Crippen LogP contribution in [-0.2, 0) is 13.5 Å². The second-order valence-corrected chi connectivity index (χ2v) is 5.90. The molecule has 2 rings (SSSR count). The van der Waals surface area contributed by atoms with Gasteiger partial charge in [0.1, 0.15) is 7.05 Å². The molecule has 100 valence electrons. The summed E-state index contributed by atoms with van der Waals surface area (Å²) in [5.41, 5.74) is 6.77. The first-order chi connectivity index (χ1) is 8.99. The van der Waals surface area contributed by atoms with E-state index in [4.69, 9.17) is 0 Å². The third-order valence-corrected chi connectivity index (χ3v) is 3.53. The van der Waals surface area contributed by atoms with Gasteiger partial charge >= 0.3 is 0 Å². The minimum absolute atomic E-state index is 0.698. The Labute approximate surface area is 116 Å². The lowest BCUT2D eigenvalue weighted by Gasteiger charge is -2.10. The first-order valence-electron chi connectivity index (χ1n) is 7.04. The molecule has 0 amide bonds. The highest BCUT2D eigenvalue weighted by Gasteiger charge is 2.17. The number of aromatic nitrogens is 1. The molecule has 0 bridgehead atoms. The SMILES string of the molecule is Cc1ccccc1-c1c(C)cc(CC(C)C)c[n+]1C. The highest BCUT2D eigenvalue weighted by molar-refractivity contribution is 5.63. The Hall–Kier alpha value is -1.63. The monoisotopic (exact) mass is 254 g/mol.